The summed E-state index contributed by atoms with van der Waals surface area (Å²) in [7, 11) is 0. The molecule has 0 radical (unpaired) electrons. The molecule has 1 N–H and O–H groups in total. The van der Waals surface area contributed by atoms with Crippen LogP contribution in [0.2, 0.25) is 0 Å². The van der Waals surface area contributed by atoms with Crippen molar-refractivity contribution in [2.45, 2.75) is 27.3 Å². The summed E-state index contributed by atoms with van der Waals surface area (Å²) in [5.74, 6) is 1.87. The summed E-state index contributed by atoms with van der Waals surface area (Å²) in [4.78, 5) is 8.30. The molecular weight excluding hydrogens is 250 g/mol. The van der Waals surface area contributed by atoms with Crippen LogP contribution in [0.5, 0.6) is 5.88 Å². The van der Waals surface area contributed by atoms with Crippen molar-refractivity contribution in [2.24, 2.45) is 5.92 Å². The van der Waals surface area contributed by atoms with Crippen LogP contribution in [-0.4, -0.2) is 16.6 Å². The van der Waals surface area contributed by atoms with Crippen LogP contribution >= 0.6 is 0 Å². The molecule has 106 valence electrons. The van der Waals surface area contributed by atoms with Crippen molar-refractivity contribution in [3.8, 4) is 5.88 Å². The number of aromatic nitrogens is 2. The molecule has 0 aliphatic rings. The van der Waals surface area contributed by atoms with Crippen LogP contribution in [0.15, 0.2) is 36.7 Å². The van der Waals surface area contributed by atoms with Gasteiger partial charge in [0.2, 0.25) is 5.88 Å². The van der Waals surface area contributed by atoms with Gasteiger partial charge < -0.3 is 10.1 Å². The Balaban J connectivity index is 1.92. The third kappa shape index (κ3) is 4.53. The molecule has 0 amide bonds. The lowest BCUT2D eigenvalue weighted by Crippen LogP contribution is -2.07. The number of rotatable bonds is 6. The van der Waals surface area contributed by atoms with E-state index in [0.29, 0.717) is 18.4 Å². The van der Waals surface area contributed by atoms with Gasteiger partial charge in [-0.25, -0.2) is 9.97 Å². The van der Waals surface area contributed by atoms with E-state index in [1.54, 1.807) is 0 Å². The Labute approximate surface area is 120 Å². The summed E-state index contributed by atoms with van der Waals surface area (Å²) < 4.78 is 5.58. The van der Waals surface area contributed by atoms with Gasteiger partial charge in [-0.15, -0.1) is 0 Å². The lowest BCUT2D eigenvalue weighted by molar-refractivity contribution is 0.261. The standard InChI is InChI=1S/C16H21N3O/c1-12(2)10-20-16-8-15(18-11-19-16)17-9-14-6-4-13(3)5-7-14/h4-8,11-12H,9-10H2,1-3H3,(H,17,18,19). The van der Waals surface area contributed by atoms with Gasteiger partial charge in [-0.1, -0.05) is 43.7 Å². The molecule has 4 nitrogen and oxygen atoms in total. The minimum absolute atomic E-state index is 0.480. The van der Waals surface area contributed by atoms with Crippen molar-refractivity contribution in [2.75, 3.05) is 11.9 Å². The highest BCUT2D eigenvalue weighted by Gasteiger charge is 2.01. The number of anilines is 1. The van der Waals surface area contributed by atoms with Gasteiger partial charge in [0, 0.05) is 12.6 Å². The minimum Gasteiger partial charge on any atom is -0.477 e. The molecule has 4 heteroatoms. The third-order valence-electron chi connectivity index (χ3n) is 2.80. The first-order chi connectivity index (χ1) is 9.63. The highest BCUT2D eigenvalue weighted by molar-refractivity contribution is 5.38. The molecule has 0 spiro atoms. The van der Waals surface area contributed by atoms with Gasteiger partial charge in [-0.05, 0) is 18.4 Å². The van der Waals surface area contributed by atoms with E-state index < -0.39 is 0 Å². The van der Waals surface area contributed by atoms with Crippen molar-refractivity contribution >= 4 is 5.82 Å². The monoisotopic (exact) mass is 271 g/mol. The van der Waals surface area contributed by atoms with E-state index in [0.717, 1.165) is 12.4 Å². The van der Waals surface area contributed by atoms with Gasteiger partial charge in [0.25, 0.3) is 0 Å². The first-order valence-electron chi connectivity index (χ1n) is 6.88. The SMILES string of the molecule is Cc1ccc(CNc2cc(OCC(C)C)ncn2)cc1. The topological polar surface area (TPSA) is 47.0 Å². The molecule has 0 unspecified atom stereocenters. The van der Waals surface area contributed by atoms with Gasteiger partial charge in [-0.3, -0.25) is 0 Å². The Kier molecular flexibility index (Phi) is 4.93. The molecule has 2 rings (SSSR count). The Morgan fingerprint density at radius 2 is 1.90 bits per heavy atom. The number of nitrogens with zero attached hydrogens (tertiary/aromatic N) is 2. The predicted octanol–water partition coefficient (Wildman–Crippen LogP) is 3.43. The molecule has 1 heterocycles. The summed E-state index contributed by atoms with van der Waals surface area (Å²) in [6, 6.07) is 10.3. The second-order valence-corrected chi connectivity index (χ2v) is 5.29. The van der Waals surface area contributed by atoms with Gasteiger partial charge in [0.05, 0.1) is 6.61 Å². The fraction of sp³-hybridized carbons (Fsp3) is 0.375. The second-order valence-electron chi connectivity index (χ2n) is 5.29. The Morgan fingerprint density at radius 3 is 2.60 bits per heavy atom. The minimum atomic E-state index is 0.480. The number of ether oxygens (including phenoxy) is 1. The van der Waals surface area contributed by atoms with Crippen molar-refractivity contribution in [1.82, 2.24) is 9.97 Å². The Hall–Kier alpha value is -2.10. The normalized spacial score (nSPS) is 10.6. The number of hydrogen-bond acceptors (Lipinski definition) is 4. The molecule has 0 bridgehead atoms. The third-order valence-corrected chi connectivity index (χ3v) is 2.80. The fourth-order valence-corrected chi connectivity index (χ4v) is 1.67. The first kappa shape index (κ1) is 14.3. The molecule has 0 atom stereocenters. The molecule has 0 fully saturated rings. The van der Waals surface area contributed by atoms with Crippen LogP contribution in [0.1, 0.15) is 25.0 Å². The number of benzene rings is 1. The summed E-state index contributed by atoms with van der Waals surface area (Å²) in [6.07, 6.45) is 1.52. The molecule has 0 saturated heterocycles. The molecule has 20 heavy (non-hydrogen) atoms. The average molecular weight is 271 g/mol. The number of aryl methyl sites for hydroxylation is 1. The smallest absolute Gasteiger partial charge is 0.218 e. The quantitative estimate of drug-likeness (QED) is 0.874. The lowest BCUT2D eigenvalue weighted by atomic mass is 10.1. The largest absolute Gasteiger partial charge is 0.477 e. The van der Waals surface area contributed by atoms with Gasteiger partial charge in [-0.2, -0.15) is 0 Å². The summed E-state index contributed by atoms with van der Waals surface area (Å²) in [6.45, 7) is 7.70. The maximum Gasteiger partial charge on any atom is 0.218 e. The van der Waals surface area contributed by atoms with Gasteiger partial charge in [0.1, 0.15) is 12.1 Å². The van der Waals surface area contributed by atoms with Gasteiger partial charge >= 0.3 is 0 Å². The van der Waals surface area contributed by atoms with Crippen molar-refractivity contribution in [3.05, 3.63) is 47.8 Å². The maximum atomic E-state index is 5.58. The Morgan fingerprint density at radius 1 is 1.15 bits per heavy atom. The summed E-state index contributed by atoms with van der Waals surface area (Å²) in [5, 5.41) is 3.28. The second kappa shape index (κ2) is 6.89. The van der Waals surface area contributed by atoms with Crippen LogP contribution in [0.25, 0.3) is 0 Å². The van der Waals surface area contributed by atoms with Crippen LogP contribution in [-0.2, 0) is 6.54 Å². The molecule has 0 saturated carbocycles. The van der Waals surface area contributed by atoms with E-state index in [4.69, 9.17) is 4.74 Å². The van der Waals surface area contributed by atoms with Crippen molar-refractivity contribution in [1.29, 1.82) is 0 Å². The highest BCUT2D eigenvalue weighted by Crippen LogP contribution is 2.13. The zero-order valence-corrected chi connectivity index (χ0v) is 12.3. The predicted molar refractivity (Wildman–Crippen MR) is 80.9 cm³/mol. The van der Waals surface area contributed by atoms with E-state index >= 15 is 0 Å². The van der Waals surface area contributed by atoms with Crippen molar-refractivity contribution in [3.63, 3.8) is 0 Å². The van der Waals surface area contributed by atoms with E-state index in [2.05, 4.69) is 60.3 Å². The fourth-order valence-electron chi connectivity index (χ4n) is 1.67. The number of nitrogens with one attached hydrogen (secondary N) is 1. The van der Waals surface area contributed by atoms with Gasteiger partial charge in [0.15, 0.2) is 0 Å². The summed E-state index contributed by atoms with van der Waals surface area (Å²) >= 11 is 0. The van der Waals surface area contributed by atoms with Crippen LogP contribution in [0.4, 0.5) is 5.82 Å². The lowest BCUT2D eigenvalue weighted by Gasteiger charge is -2.09. The van der Waals surface area contributed by atoms with E-state index in [1.807, 2.05) is 6.07 Å². The first-order valence-corrected chi connectivity index (χ1v) is 6.88. The zero-order chi connectivity index (χ0) is 14.4. The molecular formula is C16H21N3O. The van der Waals surface area contributed by atoms with Crippen LogP contribution < -0.4 is 10.1 Å². The van der Waals surface area contributed by atoms with Crippen molar-refractivity contribution < 1.29 is 4.74 Å². The molecule has 0 aliphatic carbocycles. The van der Waals surface area contributed by atoms with E-state index in [9.17, 15) is 0 Å². The van der Waals surface area contributed by atoms with Crippen LogP contribution in [0, 0.1) is 12.8 Å². The van der Waals surface area contributed by atoms with E-state index in [-0.39, 0.29) is 0 Å². The Bertz CT molecular complexity index is 538. The molecule has 0 aliphatic heterocycles. The maximum absolute atomic E-state index is 5.58. The summed E-state index contributed by atoms with van der Waals surface area (Å²) in [5.41, 5.74) is 2.49. The average Bonchev–Trinajstić information content (AvgIpc) is 2.45. The van der Waals surface area contributed by atoms with E-state index in [1.165, 1.54) is 17.5 Å². The number of hydrogen-bond donors (Lipinski definition) is 1. The molecule has 1 aromatic heterocycles. The highest BCUT2D eigenvalue weighted by atomic mass is 16.5. The molecule has 1 aromatic carbocycles. The zero-order valence-electron chi connectivity index (χ0n) is 12.3. The van der Waals surface area contributed by atoms with Crippen LogP contribution in [0.3, 0.4) is 0 Å². The molecule has 2 aromatic rings.